The third-order valence-corrected chi connectivity index (χ3v) is 4.30. The zero-order valence-electron chi connectivity index (χ0n) is 15.3. The van der Waals surface area contributed by atoms with Gasteiger partial charge in [0.25, 0.3) is 0 Å². The first-order valence-corrected chi connectivity index (χ1v) is 8.90. The maximum Gasteiger partial charge on any atom is 0.416 e. The van der Waals surface area contributed by atoms with Gasteiger partial charge in [0.2, 0.25) is 0 Å². The van der Waals surface area contributed by atoms with Crippen LogP contribution in [0.3, 0.4) is 0 Å². The van der Waals surface area contributed by atoms with Crippen LogP contribution in [0.5, 0.6) is 11.5 Å². The minimum atomic E-state index is -4.33. The highest BCUT2D eigenvalue weighted by atomic mass is 32.1. The number of rotatable bonds is 8. The Balaban J connectivity index is 1.84. The van der Waals surface area contributed by atoms with Gasteiger partial charge >= 0.3 is 6.18 Å². The fraction of sp³-hybridized carbons (Fsp3) is 0.286. The van der Waals surface area contributed by atoms with Gasteiger partial charge in [-0.3, -0.25) is 0 Å². The van der Waals surface area contributed by atoms with Gasteiger partial charge in [-0.15, -0.1) is 6.42 Å². The van der Waals surface area contributed by atoms with E-state index in [1.54, 1.807) is 13.2 Å². The van der Waals surface area contributed by atoms with Gasteiger partial charge in [-0.2, -0.15) is 13.2 Å². The molecule has 2 rings (SSSR count). The Kier molecular flexibility index (Phi) is 7.70. The number of benzene rings is 2. The molecule has 3 nitrogen and oxygen atoms in total. The van der Waals surface area contributed by atoms with E-state index in [1.807, 2.05) is 12.1 Å². The van der Waals surface area contributed by atoms with Crippen molar-refractivity contribution < 1.29 is 22.6 Å². The Labute approximate surface area is 167 Å². The van der Waals surface area contributed by atoms with Crippen molar-refractivity contribution in [2.75, 3.05) is 13.7 Å². The standard InChI is InChI=1S/C21H20F3NO2S/c1-3-12-27-18-10-6-15(13-19(18)26-2)7-11-20(28)25-14-16-4-8-17(9-5-16)21(22,23)24/h1,4-6,8-10,13H,7,11-12,14H2,2H3,(H,25,28). The molecule has 148 valence electrons. The minimum absolute atomic E-state index is 0.160. The molecule has 0 heterocycles. The van der Waals surface area contributed by atoms with Crippen molar-refractivity contribution in [2.45, 2.75) is 25.6 Å². The number of thiocarbonyl (C=S) groups is 1. The lowest BCUT2D eigenvalue weighted by molar-refractivity contribution is -0.137. The fourth-order valence-corrected chi connectivity index (χ4v) is 2.64. The van der Waals surface area contributed by atoms with Crippen molar-refractivity contribution in [3.63, 3.8) is 0 Å². The maximum absolute atomic E-state index is 12.6. The fourth-order valence-electron chi connectivity index (χ4n) is 2.46. The molecule has 0 amide bonds. The minimum Gasteiger partial charge on any atom is -0.493 e. The molecule has 0 aliphatic heterocycles. The second-order valence-electron chi connectivity index (χ2n) is 5.95. The predicted octanol–water partition coefficient (Wildman–Crippen LogP) is 4.78. The molecule has 0 aliphatic carbocycles. The van der Waals surface area contributed by atoms with Gasteiger partial charge in [0.1, 0.15) is 6.61 Å². The molecular formula is C21H20F3NO2S. The summed E-state index contributed by atoms with van der Waals surface area (Å²) in [5.74, 6) is 3.57. The van der Waals surface area contributed by atoms with Crippen LogP contribution in [0, 0.1) is 12.3 Å². The molecule has 7 heteroatoms. The van der Waals surface area contributed by atoms with E-state index in [2.05, 4.69) is 11.2 Å². The van der Waals surface area contributed by atoms with E-state index in [0.29, 0.717) is 35.9 Å². The molecule has 28 heavy (non-hydrogen) atoms. The highest BCUT2D eigenvalue weighted by molar-refractivity contribution is 7.80. The molecule has 0 fully saturated rings. The van der Waals surface area contributed by atoms with Gasteiger partial charge in [0, 0.05) is 13.0 Å². The second-order valence-corrected chi connectivity index (χ2v) is 6.44. The average Bonchev–Trinajstić information content (AvgIpc) is 2.69. The molecule has 1 N–H and O–H groups in total. The summed E-state index contributed by atoms with van der Waals surface area (Å²) < 4.78 is 48.4. The van der Waals surface area contributed by atoms with Crippen LogP contribution in [-0.2, 0) is 19.1 Å². The van der Waals surface area contributed by atoms with Crippen LogP contribution in [0.15, 0.2) is 42.5 Å². The molecule has 0 saturated heterocycles. The van der Waals surface area contributed by atoms with E-state index in [4.69, 9.17) is 28.1 Å². The molecule has 2 aromatic carbocycles. The lowest BCUT2D eigenvalue weighted by Gasteiger charge is -2.12. The van der Waals surface area contributed by atoms with E-state index < -0.39 is 11.7 Å². The summed E-state index contributed by atoms with van der Waals surface area (Å²) in [6, 6.07) is 10.6. The Morgan fingerprint density at radius 2 is 1.79 bits per heavy atom. The Morgan fingerprint density at radius 3 is 2.39 bits per heavy atom. The number of alkyl halides is 3. The summed E-state index contributed by atoms with van der Waals surface area (Å²) in [5, 5.41) is 3.07. The number of aryl methyl sites for hydroxylation is 1. The first-order chi connectivity index (χ1) is 13.3. The maximum atomic E-state index is 12.6. The average molecular weight is 407 g/mol. The molecule has 0 spiro atoms. The zero-order valence-corrected chi connectivity index (χ0v) is 16.1. The van der Waals surface area contributed by atoms with Crippen molar-refractivity contribution in [2.24, 2.45) is 0 Å². The predicted molar refractivity (Wildman–Crippen MR) is 107 cm³/mol. The SMILES string of the molecule is C#CCOc1ccc(CCC(=S)NCc2ccc(C(F)(F)F)cc2)cc1OC. The Morgan fingerprint density at radius 1 is 1.11 bits per heavy atom. The summed E-state index contributed by atoms with van der Waals surface area (Å²) in [6.45, 7) is 0.535. The molecule has 0 atom stereocenters. The number of hydrogen-bond acceptors (Lipinski definition) is 3. The lowest BCUT2D eigenvalue weighted by atomic mass is 10.1. The second kappa shape index (κ2) is 10.00. The summed E-state index contributed by atoms with van der Waals surface area (Å²) in [5.41, 5.74) is 1.08. The van der Waals surface area contributed by atoms with Crippen molar-refractivity contribution in [3.8, 4) is 23.8 Å². The van der Waals surface area contributed by atoms with Crippen molar-refractivity contribution in [3.05, 3.63) is 59.2 Å². The van der Waals surface area contributed by atoms with Crippen LogP contribution in [0.25, 0.3) is 0 Å². The normalized spacial score (nSPS) is 10.8. The van der Waals surface area contributed by atoms with Crippen LogP contribution < -0.4 is 14.8 Å². The highest BCUT2D eigenvalue weighted by Crippen LogP contribution is 2.29. The Bertz CT molecular complexity index is 842. The molecule has 0 aromatic heterocycles. The van der Waals surface area contributed by atoms with Crippen molar-refractivity contribution >= 4 is 17.2 Å². The lowest BCUT2D eigenvalue weighted by Crippen LogP contribution is -2.21. The molecule has 0 unspecified atom stereocenters. The van der Waals surface area contributed by atoms with Crippen LogP contribution >= 0.6 is 12.2 Å². The van der Waals surface area contributed by atoms with Crippen LogP contribution in [0.4, 0.5) is 13.2 Å². The van der Waals surface area contributed by atoms with Gasteiger partial charge in [0.05, 0.1) is 17.7 Å². The molecule has 0 aliphatic rings. The summed E-state index contributed by atoms with van der Waals surface area (Å²) in [4.78, 5) is 0.631. The summed E-state index contributed by atoms with van der Waals surface area (Å²) in [7, 11) is 1.55. The monoisotopic (exact) mass is 407 g/mol. The van der Waals surface area contributed by atoms with Gasteiger partial charge in [-0.05, 0) is 41.8 Å². The van der Waals surface area contributed by atoms with Crippen LogP contribution in [-0.4, -0.2) is 18.7 Å². The molecule has 0 saturated carbocycles. The third-order valence-electron chi connectivity index (χ3n) is 3.95. The molecule has 0 bridgehead atoms. The van der Waals surface area contributed by atoms with Gasteiger partial charge < -0.3 is 14.8 Å². The van der Waals surface area contributed by atoms with E-state index in [-0.39, 0.29) is 6.61 Å². The summed E-state index contributed by atoms with van der Waals surface area (Å²) >= 11 is 5.31. The van der Waals surface area contributed by atoms with E-state index in [1.165, 1.54) is 12.1 Å². The number of halogens is 3. The quantitative estimate of drug-likeness (QED) is 0.504. The number of ether oxygens (including phenoxy) is 2. The van der Waals surface area contributed by atoms with E-state index in [0.717, 1.165) is 23.3 Å². The van der Waals surface area contributed by atoms with Gasteiger partial charge in [-0.25, -0.2) is 0 Å². The topological polar surface area (TPSA) is 30.5 Å². The zero-order chi connectivity index (χ0) is 20.6. The van der Waals surface area contributed by atoms with Gasteiger partial charge in [-0.1, -0.05) is 36.3 Å². The molecule has 0 radical (unpaired) electrons. The molecule has 2 aromatic rings. The van der Waals surface area contributed by atoms with E-state index >= 15 is 0 Å². The third kappa shape index (κ3) is 6.46. The van der Waals surface area contributed by atoms with Crippen LogP contribution in [0.2, 0.25) is 0 Å². The number of methoxy groups -OCH3 is 1. The smallest absolute Gasteiger partial charge is 0.416 e. The highest BCUT2D eigenvalue weighted by Gasteiger charge is 2.29. The van der Waals surface area contributed by atoms with E-state index in [9.17, 15) is 13.2 Å². The first kappa shape index (κ1) is 21.6. The van der Waals surface area contributed by atoms with Gasteiger partial charge in [0.15, 0.2) is 11.5 Å². The number of hydrogen-bond donors (Lipinski definition) is 1. The molecular weight excluding hydrogens is 387 g/mol. The summed E-state index contributed by atoms with van der Waals surface area (Å²) in [6.07, 6.45) is 2.14. The number of nitrogens with one attached hydrogen (secondary N) is 1. The number of terminal acetylenes is 1. The van der Waals surface area contributed by atoms with Crippen molar-refractivity contribution in [1.29, 1.82) is 0 Å². The first-order valence-electron chi connectivity index (χ1n) is 8.49. The Hall–Kier alpha value is -2.72. The largest absolute Gasteiger partial charge is 0.493 e. The van der Waals surface area contributed by atoms with Crippen LogP contribution in [0.1, 0.15) is 23.1 Å². The van der Waals surface area contributed by atoms with Crippen molar-refractivity contribution in [1.82, 2.24) is 5.32 Å².